The van der Waals surface area contributed by atoms with E-state index in [1.54, 1.807) is 29.1 Å². The van der Waals surface area contributed by atoms with Crippen molar-refractivity contribution < 1.29 is 14.0 Å². The molecule has 0 saturated heterocycles. The zero-order chi connectivity index (χ0) is 22.3. The lowest BCUT2D eigenvalue weighted by molar-refractivity contribution is -0.116. The van der Waals surface area contributed by atoms with Crippen LogP contribution in [0.2, 0.25) is 0 Å². The second-order valence-electron chi connectivity index (χ2n) is 7.32. The summed E-state index contributed by atoms with van der Waals surface area (Å²) in [7, 11) is 0. The SMILES string of the molecule is CCCC(=O)Nc1ccc(CNC(=O)c2cc(-c3ccco3)nn2-c2ccccc2)cc1. The number of carbonyl (C=O) groups is 2. The molecule has 2 amide bonds. The van der Waals surface area contributed by atoms with Crippen LogP contribution in [0, 0.1) is 0 Å². The Labute approximate surface area is 186 Å². The van der Waals surface area contributed by atoms with Gasteiger partial charge in [0.25, 0.3) is 5.91 Å². The molecule has 0 fully saturated rings. The van der Waals surface area contributed by atoms with Crippen LogP contribution < -0.4 is 10.6 Å². The van der Waals surface area contributed by atoms with Crippen molar-refractivity contribution >= 4 is 17.5 Å². The molecule has 0 radical (unpaired) electrons. The van der Waals surface area contributed by atoms with Gasteiger partial charge < -0.3 is 15.1 Å². The van der Waals surface area contributed by atoms with Crippen LogP contribution >= 0.6 is 0 Å². The monoisotopic (exact) mass is 428 g/mol. The minimum Gasteiger partial charge on any atom is -0.463 e. The van der Waals surface area contributed by atoms with E-state index in [1.807, 2.05) is 61.5 Å². The van der Waals surface area contributed by atoms with E-state index in [0.29, 0.717) is 30.1 Å². The summed E-state index contributed by atoms with van der Waals surface area (Å²) < 4.78 is 7.06. The third-order valence-electron chi connectivity index (χ3n) is 4.88. The molecular weight excluding hydrogens is 404 g/mol. The van der Waals surface area contributed by atoms with Crippen molar-refractivity contribution in [1.82, 2.24) is 15.1 Å². The largest absolute Gasteiger partial charge is 0.463 e. The molecule has 2 aromatic heterocycles. The second kappa shape index (κ2) is 9.78. The molecule has 32 heavy (non-hydrogen) atoms. The summed E-state index contributed by atoms with van der Waals surface area (Å²) in [6, 6.07) is 22.2. The Morgan fingerprint density at radius 3 is 2.47 bits per heavy atom. The highest BCUT2D eigenvalue weighted by molar-refractivity contribution is 5.94. The lowest BCUT2D eigenvalue weighted by Crippen LogP contribution is -2.25. The molecule has 162 valence electrons. The van der Waals surface area contributed by atoms with Gasteiger partial charge in [-0.15, -0.1) is 0 Å². The summed E-state index contributed by atoms with van der Waals surface area (Å²) in [5.41, 5.74) is 3.43. The van der Waals surface area contributed by atoms with E-state index in [-0.39, 0.29) is 11.8 Å². The van der Waals surface area contributed by atoms with Gasteiger partial charge in [0.15, 0.2) is 5.76 Å². The van der Waals surface area contributed by atoms with E-state index in [4.69, 9.17) is 4.42 Å². The van der Waals surface area contributed by atoms with Crippen LogP contribution in [0.25, 0.3) is 17.1 Å². The number of benzene rings is 2. The first-order chi connectivity index (χ1) is 15.6. The molecule has 0 saturated carbocycles. The molecule has 0 aliphatic heterocycles. The third kappa shape index (κ3) is 4.95. The number of nitrogens with zero attached hydrogens (tertiary/aromatic N) is 2. The lowest BCUT2D eigenvalue weighted by atomic mass is 10.2. The first-order valence-electron chi connectivity index (χ1n) is 10.5. The highest BCUT2D eigenvalue weighted by Crippen LogP contribution is 2.22. The average Bonchev–Trinajstić information content (AvgIpc) is 3.49. The summed E-state index contributed by atoms with van der Waals surface area (Å²) in [5.74, 6) is 0.337. The molecule has 2 heterocycles. The van der Waals surface area contributed by atoms with E-state index >= 15 is 0 Å². The Kier molecular flexibility index (Phi) is 6.46. The van der Waals surface area contributed by atoms with Crippen LogP contribution in [0.5, 0.6) is 0 Å². The molecule has 0 aliphatic rings. The van der Waals surface area contributed by atoms with E-state index in [1.165, 1.54) is 0 Å². The Hall–Kier alpha value is -4.13. The number of hydrogen-bond donors (Lipinski definition) is 2. The second-order valence-corrected chi connectivity index (χ2v) is 7.32. The summed E-state index contributed by atoms with van der Waals surface area (Å²) in [4.78, 5) is 24.7. The van der Waals surface area contributed by atoms with Crippen molar-refractivity contribution in [1.29, 1.82) is 0 Å². The van der Waals surface area contributed by atoms with Gasteiger partial charge in [-0.1, -0.05) is 37.3 Å². The molecule has 4 aromatic rings. The molecule has 0 spiro atoms. The zero-order valence-corrected chi connectivity index (χ0v) is 17.7. The van der Waals surface area contributed by atoms with Gasteiger partial charge in [-0.3, -0.25) is 9.59 Å². The normalized spacial score (nSPS) is 10.7. The highest BCUT2D eigenvalue weighted by atomic mass is 16.3. The van der Waals surface area contributed by atoms with Gasteiger partial charge >= 0.3 is 0 Å². The van der Waals surface area contributed by atoms with Crippen molar-refractivity contribution in [2.45, 2.75) is 26.3 Å². The number of para-hydroxylation sites is 1. The number of furan rings is 1. The van der Waals surface area contributed by atoms with E-state index < -0.39 is 0 Å². The number of anilines is 1. The van der Waals surface area contributed by atoms with Crippen molar-refractivity contribution in [3.8, 4) is 17.1 Å². The molecule has 0 atom stereocenters. The van der Waals surface area contributed by atoms with Gasteiger partial charge in [-0.2, -0.15) is 5.10 Å². The number of carbonyl (C=O) groups excluding carboxylic acids is 2. The maximum Gasteiger partial charge on any atom is 0.270 e. The average molecular weight is 428 g/mol. The van der Waals surface area contributed by atoms with Crippen LogP contribution in [0.15, 0.2) is 83.5 Å². The minimum absolute atomic E-state index is 0.00455. The highest BCUT2D eigenvalue weighted by Gasteiger charge is 2.18. The Morgan fingerprint density at radius 1 is 1.00 bits per heavy atom. The maximum absolute atomic E-state index is 13.0. The molecule has 0 unspecified atom stereocenters. The number of aromatic nitrogens is 2. The fourth-order valence-corrected chi connectivity index (χ4v) is 3.28. The van der Waals surface area contributed by atoms with Crippen molar-refractivity contribution in [2.24, 2.45) is 0 Å². The number of amides is 2. The topological polar surface area (TPSA) is 89.2 Å². The fraction of sp³-hybridized carbons (Fsp3) is 0.160. The van der Waals surface area contributed by atoms with E-state index in [9.17, 15) is 9.59 Å². The molecule has 7 heteroatoms. The van der Waals surface area contributed by atoms with Gasteiger partial charge in [0, 0.05) is 24.7 Å². The summed E-state index contributed by atoms with van der Waals surface area (Å²) in [6.45, 7) is 2.31. The lowest BCUT2D eigenvalue weighted by Gasteiger charge is -2.09. The predicted octanol–water partition coefficient (Wildman–Crippen LogP) is 4.80. The minimum atomic E-state index is -0.250. The summed E-state index contributed by atoms with van der Waals surface area (Å²) >= 11 is 0. The maximum atomic E-state index is 13.0. The van der Waals surface area contributed by atoms with E-state index in [0.717, 1.165) is 23.4 Å². The van der Waals surface area contributed by atoms with Crippen molar-refractivity contribution in [3.05, 3.63) is 90.3 Å². The van der Waals surface area contributed by atoms with Crippen LogP contribution in [0.4, 0.5) is 5.69 Å². The summed E-state index contributed by atoms with van der Waals surface area (Å²) in [6.07, 6.45) is 2.87. The van der Waals surface area contributed by atoms with Gasteiger partial charge in [-0.05, 0) is 48.4 Å². The zero-order valence-electron chi connectivity index (χ0n) is 17.7. The number of rotatable bonds is 8. The molecule has 0 aliphatic carbocycles. The molecule has 2 N–H and O–H groups in total. The summed E-state index contributed by atoms with van der Waals surface area (Å²) in [5, 5.41) is 10.4. The number of hydrogen-bond acceptors (Lipinski definition) is 4. The first-order valence-corrected chi connectivity index (χ1v) is 10.5. The van der Waals surface area contributed by atoms with Gasteiger partial charge in [-0.25, -0.2) is 4.68 Å². The quantitative estimate of drug-likeness (QED) is 0.422. The third-order valence-corrected chi connectivity index (χ3v) is 4.88. The van der Waals surface area contributed by atoms with Crippen LogP contribution in [0.1, 0.15) is 35.8 Å². The molecule has 2 aromatic carbocycles. The molecule has 7 nitrogen and oxygen atoms in total. The van der Waals surface area contributed by atoms with Crippen molar-refractivity contribution in [2.75, 3.05) is 5.32 Å². The standard InChI is InChI=1S/C25H24N4O3/c1-2-7-24(30)27-19-13-11-18(12-14-19)17-26-25(31)22-16-21(23-10-6-15-32-23)28-29(22)20-8-4-3-5-9-20/h3-6,8-16H,2,7,17H2,1H3,(H,26,31)(H,27,30). The van der Waals surface area contributed by atoms with Crippen LogP contribution in [-0.2, 0) is 11.3 Å². The van der Waals surface area contributed by atoms with Gasteiger partial charge in [0.05, 0.1) is 12.0 Å². The molecule has 0 bridgehead atoms. The predicted molar refractivity (Wildman–Crippen MR) is 122 cm³/mol. The molecule has 4 rings (SSSR count). The first kappa shape index (κ1) is 21.1. The fourth-order valence-electron chi connectivity index (χ4n) is 3.28. The Bertz CT molecular complexity index is 1180. The van der Waals surface area contributed by atoms with Gasteiger partial charge in [0.2, 0.25) is 5.91 Å². The number of nitrogens with one attached hydrogen (secondary N) is 2. The Morgan fingerprint density at radius 2 is 1.78 bits per heavy atom. The van der Waals surface area contributed by atoms with Gasteiger partial charge in [0.1, 0.15) is 11.4 Å². The Balaban J connectivity index is 1.49. The smallest absolute Gasteiger partial charge is 0.270 e. The van der Waals surface area contributed by atoms with Crippen LogP contribution in [-0.4, -0.2) is 21.6 Å². The van der Waals surface area contributed by atoms with Crippen molar-refractivity contribution in [3.63, 3.8) is 0 Å². The molecular formula is C25H24N4O3. The van der Waals surface area contributed by atoms with E-state index in [2.05, 4.69) is 15.7 Å². The van der Waals surface area contributed by atoms with Crippen LogP contribution in [0.3, 0.4) is 0 Å².